The van der Waals surface area contributed by atoms with Gasteiger partial charge in [0.15, 0.2) is 0 Å². The lowest BCUT2D eigenvalue weighted by molar-refractivity contribution is -0.127. The van der Waals surface area contributed by atoms with Gasteiger partial charge in [-0.25, -0.2) is 4.98 Å². The molecule has 0 bridgehead atoms. The Morgan fingerprint density at radius 3 is 2.95 bits per heavy atom. The summed E-state index contributed by atoms with van der Waals surface area (Å²) in [6, 6.07) is 7.23. The van der Waals surface area contributed by atoms with E-state index in [0.717, 1.165) is 10.8 Å². The fraction of sp³-hybridized carbons (Fsp3) is 0.231. The van der Waals surface area contributed by atoms with E-state index in [9.17, 15) is 4.79 Å². The summed E-state index contributed by atoms with van der Waals surface area (Å²) in [6.07, 6.45) is 3.18. The van der Waals surface area contributed by atoms with Crippen LogP contribution in [0.2, 0.25) is 0 Å². The van der Waals surface area contributed by atoms with E-state index >= 15 is 0 Å². The third kappa shape index (κ3) is 4.03. The lowest BCUT2D eigenvalue weighted by atomic mass is 10.4. The number of carbonyl (C=O) groups is 1. The number of rotatable bonds is 5. The van der Waals surface area contributed by atoms with Crippen LogP contribution in [-0.2, 0) is 11.3 Å². The third-order valence-electron chi connectivity index (χ3n) is 2.50. The van der Waals surface area contributed by atoms with Crippen molar-refractivity contribution >= 4 is 23.4 Å². The first kappa shape index (κ1) is 13.5. The molecule has 100 valence electrons. The highest BCUT2D eigenvalue weighted by atomic mass is 32.2. The minimum absolute atomic E-state index is 0.0278. The average Bonchev–Trinajstić information content (AvgIpc) is 2.90. The van der Waals surface area contributed by atoms with Gasteiger partial charge in [-0.2, -0.15) is 0 Å². The molecule has 0 unspecified atom stereocenters. The summed E-state index contributed by atoms with van der Waals surface area (Å²) in [5.74, 6) is 1.14. The van der Waals surface area contributed by atoms with Crippen molar-refractivity contribution < 1.29 is 9.21 Å². The molecule has 2 aromatic heterocycles. The normalized spacial score (nSPS) is 10.4. The lowest BCUT2D eigenvalue weighted by Gasteiger charge is -2.15. The minimum Gasteiger partial charge on any atom is -0.467 e. The van der Waals surface area contributed by atoms with Crippen molar-refractivity contribution in [1.29, 1.82) is 0 Å². The number of hydrogen-bond acceptors (Lipinski definition) is 5. The SMILES string of the molecule is CN(Cc1ccco1)C(=O)CSc1ccc(N)cn1. The van der Waals surface area contributed by atoms with Gasteiger partial charge in [0.05, 0.1) is 35.5 Å². The molecule has 0 aliphatic heterocycles. The van der Waals surface area contributed by atoms with Crippen LogP contribution in [0.25, 0.3) is 0 Å². The van der Waals surface area contributed by atoms with Gasteiger partial charge in [-0.05, 0) is 24.3 Å². The van der Waals surface area contributed by atoms with Crippen molar-refractivity contribution in [3.8, 4) is 0 Å². The van der Waals surface area contributed by atoms with Crippen LogP contribution < -0.4 is 5.73 Å². The second kappa shape index (κ2) is 6.29. The van der Waals surface area contributed by atoms with Gasteiger partial charge in [0.2, 0.25) is 5.91 Å². The van der Waals surface area contributed by atoms with Crippen LogP contribution in [0.15, 0.2) is 46.2 Å². The monoisotopic (exact) mass is 277 g/mol. The molecule has 5 nitrogen and oxygen atoms in total. The number of nitrogen functional groups attached to an aromatic ring is 1. The smallest absolute Gasteiger partial charge is 0.233 e. The largest absolute Gasteiger partial charge is 0.467 e. The molecular formula is C13H15N3O2S. The van der Waals surface area contributed by atoms with Gasteiger partial charge in [0, 0.05) is 7.05 Å². The van der Waals surface area contributed by atoms with E-state index in [1.54, 1.807) is 42.6 Å². The molecule has 0 atom stereocenters. The minimum atomic E-state index is 0.0278. The molecule has 0 aliphatic rings. The molecule has 1 amide bonds. The van der Waals surface area contributed by atoms with Gasteiger partial charge in [-0.15, -0.1) is 0 Å². The fourth-order valence-corrected chi connectivity index (χ4v) is 2.23. The Kier molecular flexibility index (Phi) is 4.46. The number of nitrogens with zero attached hydrogens (tertiary/aromatic N) is 2. The first-order valence-electron chi connectivity index (χ1n) is 5.76. The summed E-state index contributed by atoms with van der Waals surface area (Å²) in [4.78, 5) is 17.7. The van der Waals surface area contributed by atoms with Crippen molar-refractivity contribution in [3.63, 3.8) is 0 Å². The lowest BCUT2D eigenvalue weighted by Crippen LogP contribution is -2.27. The highest BCUT2D eigenvalue weighted by Crippen LogP contribution is 2.16. The second-order valence-electron chi connectivity index (χ2n) is 4.05. The van der Waals surface area contributed by atoms with E-state index in [-0.39, 0.29) is 5.91 Å². The molecule has 2 heterocycles. The summed E-state index contributed by atoms with van der Waals surface area (Å²) in [7, 11) is 1.75. The summed E-state index contributed by atoms with van der Waals surface area (Å²) in [6.45, 7) is 0.474. The number of anilines is 1. The van der Waals surface area contributed by atoms with Gasteiger partial charge in [0.25, 0.3) is 0 Å². The molecule has 0 fully saturated rings. The van der Waals surface area contributed by atoms with E-state index in [0.29, 0.717) is 18.0 Å². The van der Waals surface area contributed by atoms with Crippen LogP contribution in [0.4, 0.5) is 5.69 Å². The van der Waals surface area contributed by atoms with E-state index in [2.05, 4.69) is 4.98 Å². The molecule has 0 aliphatic carbocycles. The number of pyridine rings is 1. The van der Waals surface area contributed by atoms with Crippen LogP contribution >= 0.6 is 11.8 Å². The van der Waals surface area contributed by atoms with Crippen molar-refractivity contribution in [3.05, 3.63) is 42.5 Å². The first-order chi connectivity index (χ1) is 9.15. The number of carbonyl (C=O) groups excluding carboxylic acids is 1. The highest BCUT2D eigenvalue weighted by molar-refractivity contribution is 7.99. The number of aromatic nitrogens is 1. The van der Waals surface area contributed by atoms with E-state index < -0.39 is 0 Å². The molecule has 2 aromatic rings. The van der Waals surface area contributed by atoms with Crippen molar-refractivity contribution in [2.24, 2.45) is 0 Å². The maximum Gasteiger partial charge on any atom is 0.233 e. The van der Waals surface area contributed by atoms with Crippen LogP contribution in [0.3, 0.4) is 0 Å². The quantitative estimate of drug-likeness (QED) is 0.846. The van der Waals surface area contributed by atoms with Crippen molar-refractivity contribution in [1.82, 2.24) is 9.88 Å². The highest BCUT2D eigenvalue weighted by Gasteiger charge is 2.11. The van der Waals surface area contributed by atoms with Gasteiger partial charge < -0.3 is 15.1 Å². The molecule has 19 heavy (non-hydrogen) atoms. The number of amides is 1. The topological polar surface area (TPSA) is 72.4 Å². The standard InChI is InChI=1S/C13H15N3O2S/c1-16(8-11-3-2-6-18-11)13(17)9-19-12-5-4-10(14)7-15-12/h2-7H,8-9,14H2,1H3. The molecule has 0 aromatic carbocycles. The molecule has 6 heteroatoms. The zero-order valence-electron chi connectivity index (χ0n) is 10.6. The summed E-state index contributed by atoms with van der Waals surface area (Å²) >= 11 is 1.39. The molecule has 2 N–H and O–H groups in total. The Labute approximate surface area is 115 Å². The zero-order valence-corrected chi connectivity index (χ0v) is 11.4. The summed E-state index contributed by atoms with van der Waals surface area (Å²) in [5.41, 5.74) is 6.17. The Morgan fingerprint density at radius 2 is 2.32 bits per heavy atom. The van der Waals surface area contributed by atoms with Gasteiger partial charge in [0.1, 0.15) is 5.76 Å². The van der Waals surface area contributed by atoms with Gasteiger partial charge in [-0.1, -0.05) is 11.8 Å². The molecule has 0 saturated carbocycles. The predicted octanol–water partition coefficient (Wildman–Crippen LogP) is 2.01. The van der Waals surface area contributed by atoms with Gasteiger partial charge in [-0.3, -0.25) is 4.79 Å². The predicted molar refractivity (Wildman–Crippen MR) is 74.6 cm³/mol. The Balaban J connectivity index is 1.82. The summed E-state index contributed by atoms with van der Waals surface area (Å²) in [5, 5.41) is 0.786. The number of furan rings is 1. The van der Waals surface area contributed by atoms with Crippen LogP contribution in [0.5, 0.6) is 0 Å². The molecule has 0 spiro atoms. The molecule has 0 saturated heterocycles. The number of thioether (sulfide) groups is 1. The van der Waals surface area contributed by atoms with Crippen molar-refractivity contribution in [2.75, 3.05) is 18.5 Å². The van der Waals surface area contributed by atoms with Crippen LogP contribution in [0, 0.1) is 0 Å². The average molecular weight is 277 g/mol. The number of hydrogen-bond donors (Lipinski definition) is 1. The first-order valence-corrected chi connectivity index (χ1v) is 6.74. The van der Waals surface area contributed by atoms with E-state index in [1.807, 2.05) is 6.07 Å². The third-order valence-corrected chi connectivity index (χ3v) is 3.43. The van der Waals surface area contributed by atoms with Gasteiger partial charge >= 0.3 is 0 Å². The Bertz CT molecular complexity index is 525. The van der Waals surface area contributed by atoms with E-state index in [1.165, 1.54) is 11.8 Å². The Morgan fingerprint density at radius 1 is 1.47 bits per heavy atom. The van der Waals surface area contributed by atoms with Crippen molar-refractivity contribution in [2.45, 2.75) is 11.6 Å². The fourth-order valence-electron chi connectivity index (χ4n) is 1.45. The van der Waals surface area contributed by atoms with E-state index in [4.69, 9.17) is 10.2 Å². The second-order valence-corrected chi connectivity index (χ2v) is 5.04. The molecule has 0 radical (unpaired) electrons. The zero-order chi connectivity index (χ0) is 13.7. The van der Waals surface area contributed by atoms with Crippen LogP contribution in [0.1, 0.15) is 5.76 Å². The summed E-state index contributed by atoms with van der Waals surface area (Å²) < 4.78 is 5.20. The number of nitrogens with two attached hydrogens (primary N) is 1. The molecule has 2 rings (SSSR count). The maximum absolute atomic E-state index is 11.9. The Hall–Kier alpha value is -1.95. The maximum atomic E-state index is 11.9. The molecular weight excluding hydrogens is 262 g/mol. The van der Waals surface area contributed by atoms with Crippen LogP contribution in [-0.4, -0.2) is 28.6 Å².